The average molecular weight is 328 g/mol. The highest BCUT2D eigenvalue weighted by molar-refractivity contribution is 6.17. The van der Waals surface area contributed by atoms with Crippen LogP contribution in [-0.2, 0) is 12.5 Å². The van der Waals surface area contributed by atoms with Crippen LogP contribution in [0.15, 0.2) is 48.5 Å². The molecule has 0 saturated carbocycles. The van der Waals surface area contributed by atoms with Crippen molar-refractivity contribution in [2.45, 2.75) is 19.4 Å². The number of methoxy groups -OCH3 is 1. The van der Waals surface area contributed by atoms with Crippen molar-refractivity contribution in [3.05, 3.63) is 65.4 Å². The Morgan fingerprint density at radius 3 is 2.57 bits per heavy atom. The highest BCUT2D eigenvalue weighted by Gasteiger charge is 2.13. The number of pyridine rings is 1. The van der Waals surface area contributed by atoms with E-state index in [9.17, 15) is 0 Å². The molecule has 0 atom stereocenters. The lowest BCUT2D eigenvalue weighted by molar-refractivity contribution is 0.307. The zero-order valence-electron chi connectivity index (χ0n) is 13.2. The average Bonchev–Trinajstić information content (AvgIpc) is 2.61. The monoisotopic (exact) mass is 327 g/mol. The first-order chi connectivity index (χ1) is 11.2. The highest BCUT2D eigenvalue weighted by atomic mass is 35.5. The van der Waals surface area contributed by atoms with Crippen molar-refractivity contribution < 1.29 is 9.47 Å². The van der Waals surface area contributed by atoms with Crippen molar-refractivity contribution >= 4 is 22.5 Å². The molecule has 0 radical (unpaired) electrons. The number of nitrogens with zero attached hydrogens (tertiary/aromatic N) is 1. The lowest BCUT2D eigenvalue weighted by atomic mass is 10.1. The highest BCUT2D eigenvalue weighted by Crippen LogP contribution is 2.34. The third-order valence-electron chi connectivity index (χ3n) is 3.83. The fraction of sp³-hybridized carbons (Fsp3) is 0.211. The van der Waals surface area contributed by atoms with E-state index >= 15 is 0 Å². The lowest BCUT2D eigenvalue weighted by Gasteiger charge is -2.15. The fourth-order valence-corrected chi connectivity index (χ4v) is 2.79. The summed E-state index contributed by atoms with van der Waals surface area (Å²) in [5.74, 6) is 1.95. The van der Waals surface area contributed by atoms with Gasteiger partial charge in [-0.05, 0) is 30.7 Å². The van der Waals surface area contributed by atoms with Crippen molar-refractivity contribution in [1.82, 2.24) is 4.98 Å². The molecule has 0 spiro atoms. The molecule has 0 aliphatic heterocycles. The Bertz CT molecular complexity index is 818. The molecular formula is C19H18ClNO2. The molecule has 1 heterocycles. The number of hydrogen-bond acceptors (Lipinski definition) is 3. The van der Waals surface area contributed by atoms with Gasteiger partial charge in [-0.15, -0.1) is 11.6 Å². The van der Waals surface area contributed by atoms with Gasteiger partial charge in [-0.2, -0.15) is 0 Å². The molecule has 0 bridgehead atoms. The molecule has 1 aromatic heterocycles. The van der Waals surface area contributed by atoms with Gasteiger partial charge in [0.05, 0.1) is 24.2 Å². The minimum atomic E-state index is 0.357. The zero-order valence-corrected chi connectivity index (χ0v) is 13.9. The molecule has 2 aromatic carbocycles. The van der Waals surface area contributed by atoms with Crippen LogP contribution < -0.4 is 9.47 Å². The number of aromatic nitrogens is 1. The third-order valence-corrected chi connectivity index (χ3v) is 4.08. The Hall–Kier alpha value is -2.26. The largest absolute Gasteiger partial charge is 0.497 e. The van der Waals surface area contributed by atoms with Gasteiger partial charge in [0, 0.05) is 10.9 Å². The summed E-state index contributed by atoms with van der Waals surface area (Å²) in [6.45, 7) is 2.49. The summed E-state index contributed by atoms with van der Waals surface area (Å²) in [6.07, 6.45) is 0. The number of fused-ring (bicyclic) bond motifs is 1. The van der Waals surface area contributed by atoms with E-state index in [0.29, 0.717) is 12.5 Å². The summed E-state index contributed by atoms with van der Waals surface area (Å²) in [4.78, 5) is 4.62. The SMILES string of the molecule is COc1ccc2nc(CCl)c(C)c(OCc3ccccc3)c2c1. The molecule has 23 heavy (non-hydrogen) atoms. The Morgan fingerprint density at radius 1 is 1.09 bits per heavy atom. The van der Waals surface area contributed by atoms with Crippen LogP contribution in [0.3, 0.4) is 0 Å². The van der Waals surface area contributed by atoms with E-state index in [0.717, 1.165) is 39.2 Å². The number of alkyl halides is 1. The van der Waals surface area contributed by atoms with Crippen molar-refractivity contribution in [2.75, 3.05) is 7.11 Å². The van der Waals surface area contributed by atoms with Crippen LogP contribution in [0.25, 0.3) is 10.9 Å². The molecule has 3 aromatic rings. The van der Waals surface area contributed by atoms with E-state index in [1.165, 1.54) is 0 Å². The molecule has 0 fully saturated rings. The third kappa shape index (κ3) is 3.25. The summed E-state index contributed by atoms with van der Waals surface area (Å²) < 4.78 is 11.5. The molecule has 0 N–H and O–H groups in total. The molecule has 0 amide bonds. The number of hydrogen-bond donors (Lipinski definition) is 0. The molecule has 3 nitrogen and oxygen atoms in total. The summed E-state index contributed by atoms with van der Waals surface area (Å²) in [5, 5.41) is 0.937. The van der Waals surface area contributed by atoms with Gasteiger partial charge >= 0.3 is 0 Å². The number of ether oxygens (including phenoxy) is 2. The quantitative estimate of drug-likeness (QED) is 0.626. The Kier molecular flexibility index (Phi) is 4.68. The minimum Gasteiger partial charge on any atom is -0.497 e. The molecular weight excluding hydrogens is 310 g/mol. The van der Waals surface area contributed by atoms with Crippen LogP contribution in [-0.4, -0.2) is 12.1 Å². The van der Waals surface area contributed by atoms with Gasteiger partial charge in [0.25, 0.3) is 0 Å². The topological polar surface area (TPSA) is 31.4 Å². The molecule has 4 heteroatoms. The van der Waals surface area contributed by atoms with Gasteiger partial charge in [0.1, 0.15) is 18.1 Å². The second-order valence-corrected chi connectivity index (χ2v) is 5.57. The second kappa shape index (κ2) is 6.88. The van der Waals surface area contributed by atoms with E-state index in [4.69, 9.17) is 21.1 Å². The van der Waals surface area contributed by atoms with E-state index < -0.39 is 0 Å². The maximum atomic E-state index is 6.12. The number of benzene rings is 2. The maximum absolute atomic E-state index is 6.12. The normalized spacial score (nSPS) is 10.7. The van der Waals surface area contributed by atoms with E-state index in [1.807, 2.05) is 55.5 Å². The van der Waals surface area contributed by atoms with Gasteiger partial charge in [-0.25, -0.2) is 0 Å². The first-order valence-corrected chi connectivity index (χ1v) is 7.96. The zero-order chi connectivity index (χ0) is 16.2. The maximum Gasteiger partial charge on any atom is 0.134 e. The van der Waals surface area contributed by atoms with Crippen molar-refractivity contribution in [3.63, 3.8) is 0 Å². The molecule has 0 unspecified atom stereocenters. The van der Waals surface area contributed by atoms with Gasteiger partial charge in [-0.3, -0.25) is 4.98 Å². The summed E-state index contributed by atoms with van der Waals surface area (Å²) >= 11 is 6.04. The fourth-order valence-electron chi connectivity index (χ4n) is 2.53. The summed E-state index contributed by atoms with van der Waals surface area (Å²) in [6, 6.07) is 15.9. The second-order valence-electron chi connectivity index (χ2n) is 5.30. The van der Waals surface area contributed by atoms with Crippen molar-refractivity contribution in [3.8, 4) is 11.5 Å². The molecule has 118 valence electrons. The number of halogens is 1. The van der Waals surface area contributed by atoms with Gasteiger partial charge < -0.3 is 9.47 Å². The van der Waals surface area contributed by atoms with Crippen LogP contribution in [0.4, 0.5) is 0 Å². The predicted molar refractivity (Wildman–Crippen MR) is 93.4 cm³/mol. The van der Waals surface area contributed by atoms with Crippen molar-refractivity contribution in [1.29, 1.82) is 0 Å². The predicted octanol–water partition coefficient (Wildman–Crippen LogP) is 4.87. The van der Waals surface area contributed by atoms with Crippen LogP contribution in [0.5, 0.6) is 11.5 Å². The van der Waals surface area contributed by atoms with Gasteiger partial charge in [0.15, 0.2) is 0 Å². The number of rotatable bonds is 5. The molecule has 3 rings (SSSR count). The standard InChI is InChI=1S/C19H18ClNO2/c1-13-18(11-20)21-17-9-8-15(22-2)10-16(17)19(13)23-12-14-6-4-3-5-7-14/h3-10H,11-12H2,1-2H3. The van der Waals surface area contributed by atoms with Crippen LogP contribution >= 0.6 is 11.6 Å². The molecule has 0 aliphatic rings. The Balaban J connectivity index is 2.06. The van der Waals surface area contributed by atoms with Crippen LogP contribution in [0.2, 0.25) is 0 Å². The van der Waals surface area contributed by atoms with E-state index in [2.05, 4.69) is 4.98 Å². The smallest absolute Gasteiger partial charge is 0.134 e. The lowest BCUT2D eigenvalue weighted by Crippen LogP contribution is -2.02. The van der Waals surface area contributed by atoms with Gasteiger partial charge in [0.2, 0.25) is 0 Å². The first kappa shape index (κ1) is 15.6. The Morgan fingerprint density at radius 2 is 1.87 bits per heavy atom. The van der Waals surface area contributed by atoms with Crippen LogP contribution in [0.1, 0.15) is 16.8 Å². The summed E-state index contributed by atoms with van der Waals surface area (Å²) in [7, 11) is 1.65. The van der Waals surface area contributed by atoms with E-state index in [1.54, 1.807) is 7.11 Å². The first-order valence-electron chi connectivity index (χ1n) is 7.43. The van der Waals surface area contributed by atoms with Crippen molar-refractivity contribution in [2.24, 2.45) is 0 Å². The van der Waals surface area contributed by atoms with Crippen LogP contribution in [0, 0.1) is 6.92 Å². The van der Waals surface area contributed by atoms with Gasteiger partial charge in [-0.1, -0.05) is 30.3 Å². The Labute approximate surface area is 140 Å². The summed E-state index contributed by atoms with van der Waals surface area (Å²) in [5.41, 5.74) is 3.78. The molecule has 0 aliphatic carbocycles. The minimum absolute atomic E-state index is 0.357. The molecule has 0 saturated heterocycles. The van der Waals surface area contributed by atoms with E-state index in [-0.39, 0.29) is 0 Å².